The molecule has 0 atom stereocenters. The zero-order valence-corrected chi connectivity index (χ0v) is 12.4. The van der Waals surface area contributed by atoms with Crippen molar-refractivity contribution in [1.29, 1.82) is 0 Å². The summed E-state index contributed by atoms with van der Waals surface area (Å²) in [5.74, 6) is 0.501. The van der Waals surface area contributed by atoms with Crippen molar-refractivity contribution in [1.82, 2.24) is 4.31 Å². The second-order valence-corrected chi connectivity index (χ2v) is 7.42. The Labute approximate surface area is 115 Å². The van der Waals surface area contributed by atoms with Crippen LogP contribution in [0.1, 0.15) is 31.2 Å². The number of hydrogen-bond acceptors (Lipinski definition) is 3. The summed E-state index contributed by atoms with van der Waals surface area (Å²) >= 11 is 0. The molecule has 0 spiro atoms. The van der Waals surface area contributed by atoms with Crippen LogP contribution in [0.25, 0.3) is 0 Å². The molecule has 0 radical (unpaired) electrons. The van der Waals surface area contributed by atoms with Gasteiger partial charge in [0.15, 0.2) is 0 Å². The normalized spacial score (nSPS) is 17.2. The lowest BCUT2D eigenvalue weighted by Gasteiger charge is -2.22. The summed E-state index contributed by atoms with van der Waals surface area (Å²) in [6, 6.07) is 5.05. The Kier molecular flexibility index (Phi) is 4.16. The van der Waals surface area contributed by atoms with Gasteiger partial charge in [0, 0.05) is 19.3 Å². The summed E-state index contributed by atoms with van der Waals surface area (Å²) in [4.78, 5) is 0.327. The van der Waals surface area contributed by atoms with Crippen LogP contribution in [0, 0.1) is 12.8 Å². The lowest BCUT2D eigenvalue weighted by atomic mass is 10.1. The van der Waals surface area contributed by atoms with E-state index in [2.05, 4.69) is 0 Å². The molecule has 1 aromatic carbocycles. The molecule has 0 aromatic heterocycles. The summed E-state index contributed by atoms with van der Waals surface area (Å²) in [5.41, 5.74) is 6.96. The maximum absolute atomic E-state index is 12.6. The molecule has 1 fully saturated rings. The molecule has 0 unspecified atom stereocenters. The Morgan fingerprint density at radius 2 is 1.95 bits per heavy atom. The van der Waals surface area contributed by atoms with E-state index in [4.69, 9.17) is 5.73 Å². The third kappa shape index (κ3) is 2.92. The summed E-state index contributed by atoms with van der Waals surface area (Å²) in [6.07, 6.45) is 4.71. The SMILES string of the molecule is Cc1c(N)cccc1S(=O)(=O)N(C)CC1CCCC1. The number of nitrogens with two attached hydrogens (primary N) is 1. The third-order valence-electron chi connectivity index (χ3n) is 4.00. The largest absolute Gasteiger partial charge is 0.398 e. The molecule has 0 amide bonds. The molecule has 2 N–H and O–H groups in total. The maximum Gasteiger partial charge on any atom is 0.243 e. The molecule has 1 aromatic rings. The molecular formula is C14H22N2O2S. The van der Waals surface area contributed by atoms with E-state index in [0.29, 0.717) is 28.6 Å². The van der Waals surface area contributed by atoms with Crippen molar-refractivity contribution in [2.45, 2.75) is 37.5 Å². The average Bonchev–Trinajstić information content (AvgIpc) is 2.85. The second-order valence-electron chi connectivity index (χ2n) is 5.41. The molecule has 1 aliphatic rings. The fraction of sp³-hybridized carbons (Fsp3) is 0.571. The van der Waals surface area contributed by atoms with Gasteiger partial charge in [-0.2, -0.15) is 0 Å². The van der Waals surface area contributed by atoms with E-state index in [1.165, 1.54) is 17.1 Å². The first-order chi connectivity index (χ1) is 8.93. The Hall–Kier alpha value is -1.07. The monoisotopic (exact) mass is 282 g/mol. The van der Waals surface area contributed by atoms with Gasteiger partial charge in [0.1, 0.15) is 0 Å². The molecule has 0 saturated heterocycles. The van der Waals surface area contributed by atoms with Crippen molar-refractivity contribution in [3.8, 4) is 0 Å². The standard InChI is InChI=1S/C14H22N2O2S/c1-11-13(15)8-5-9-14(11)19(17,18)16(2)10-12-6-3-4-7-12/h5,8-9,12H,3-4,6-7,10,15H2,1-2H3. The first-order valence-corrected chi connectivity index (χ1v) is 8.18. The lowest BCUT2D eigenvalue weighted by molar-refractivity contribution is 0.387. The number of sulfonamides is 1. The smallest absolute Gasteiger partial charge is 0.243 e. The predicted octanol–water partition coefficient (Wildman–Crippen LogP) is 2.39. The zero-order chi connectivity index (χ0) is 14.0. The molecule has 5 heteroatoms. The molecule has 1 aliphatic carbocycles. The van der Waals surface area contributed by atoms with Crippen molar-refractivity contribution in [3.05, 3.63) is 23.8 Å². The van der Waals surface area contributed by atoms with Crippen LogP contribution in [0.5, 0.6) is 0 Å². The van der Waals surface area contributed by atoms with E-state index >= 15 is 0 Å². The number of benzene rings is 1. The van der Waals surface area contributed by atoms with Crippen molar-refractivity contribution < 1.29 is 8.42 Å². The zero-order valence-electron chi connectivity index (χ0n) is 11.6. The van der Waals surface area contributed by atoms with Gasteiger partial charge in [0.2, 0.25) is 10.0 Å². The summed E-state index contributed by atoms with van der Waals surface area (Å²) < 4.78 is 26.6. The van der Waals surface area contributed by atoms with Crippen LogP contribution in [0.15, 0.2) is 23.1 Å². The summed E-state index contributed by atoms with van der Waals surface area (Å²) in [6.45, 7) is 2.36. The average molecular weight is 282 g/mol. The van der Waals surface area contributed by atoms with Gasteiger partial charge >= 0.3 is 0 Å². The highest BCUT2D eigenvalue weighted by atomic mass is 32.2. The molecule has 19 heavy (non-hydrogen) atoms. The minimum absolute atomic E-state index is 0.327. The van der Waals surface area contributed by atoms with Crippen molar-refractivity contribution in [3.63, 3.8) is 0 Å². The van der Waals surface area contributed by atoms with Gasteiger partial charge in [-0.1, -0.05) is 18.9 Å². The fourth-order valence-corrected chi connectivity index (χ4v) is 4.23. The number of rotatable bonds is 4. The highest BCUT2D eigenvalue weighted by Gasteiger charge is 2.26. The van der Waals surface area contributed by atoms with E-state index in [0.717, 1.165) is 12.8 Å². The van der Waals surface area contributed by atoms with Crippen LogP contribution < -0.4 is 5.73 Å². The molecule has 0 heterocycles. The Morgan fingerprint density at radius 3 is 2.58 bits per heavy atom. The van der Waals surface area contributed by atoms with Gasteiger partial charge in [-0.15, -0.1) is 0 Å². The predicted molar refractivity (Wildman–Crippen MR) is 77.4 cm³/mol. The first-order valence-electron chi connectivity index (χ1n) is 6.74. The highest BCUT2D eigenvalue weighted by molar-refractivity contribution is 7.89. The number of nitrogens with zero attached hydrogens (tertiary/aromatic N) is 1. The molecule has 106 valence electrons. The molecule has 0 bridgehead atoms. The number of nitrogen functional groups attached to an aromatic ring is 1. The van der Waals surface area contributed by atoms with E-state index < -0.39 is 10.0 Å². The van der Waals surface area contributed by atoms with Gasteiger partial charge in [-0.05, 0) is 43.4 Å². The van der Waals surface area contributed by atoms with E-state index in [1.807, 2.05) is 0 Å². The van der Waals surface area contributed by atoms with Crippen molar-refractivity contribution in [2.75, 3.05) is 19.3 Å². The van der Waals surface area contributed by atoms with Gasteiger partial charge in [-0.25, -0.2) is 12.7 Å². The fourth-order valence-electron chi connectivity index (χ4n) is 2.73. The molecule has 1 saturated carbocycles. The minimum atomic E-state index is -3.43. The molecule has 0 aliphatic heterocycles. The van der Waals surface area contributed by atoms with Crippen LogP contribution in [0.3, 0.4) is 0 Å². The number of anilines is 1. The topological polar surface area (TPSA) is 63.4 Å². The van der Waals surface area contributed by atoms with Gasteiger partial charge in [0.05, 0.1) is 4.90 Å². The molecule has 2 rings (SSSR count). The van der Waals surface area contributed by atoms with E-state index in [-0.39, 0.29) is 0 Å². The van der Waals surface area contributed by atoms with Crippen LogP contribution in [0.4, 0.5) is 5.69 Å². The molecular weight excluding hydrogens is 260 g/mol. The molecule has 4 nitrogen and oxygen atoms in total. The van der Waals surface area contributed by atoms with Gasteiger partial charge < -0.3 is 5.73 Å². The Morgan fingerprint density at radius 1 is 1.32 bits per heavy atom. The second kappa shape index (κ2) is 5.51. The van der Waals surface area contributed by atoms with Crippen LogP contribution >= 0.6 is 0 Å². The van der Waals surface area contributed by atoms with Crippen LogP contribution in [0.2, 0.25) is 0 Å². The van der Waals surface area contributed by atoms with Gasteiger partial charge in [-0.3, -0.25) is 0 Å². The lowest BCUT2D eigenvalue weighted by Crippen LogP contribution is -2.31. The summed E-state index contributed by atoms with van der Waals surface area (Å²) in [7, 11) is -1.76. The van der Waals surface area contributed by atoms with Crippen molar-refractivity contribution >= 4 is 15.7 Å². The third-order valence-corrected chi connectivity index (χ3v) is 5.97. The Balaban J connectivity index is 2.23. The first kappa shape index (κ1) is 14.3. The van der Waals surface area contributed by atoms with E-state index in [9.17, 15) is 8.42 Å². The quantitative estimate of drug-likeness (QED) is 0.862. The minimum Gasteiger partial charge on any atom is -0.398 e. The highest BCUT2D eigenvalue weighted by Crippen LogP contribution is 2.28. The maximum atomic E-state index is 12.6. The van der Waals surface area contributed by atoms with Gasteiger partial charge in [0.25, 0.3) is 0 Å². The Bertz CT molecular complexity index is 549. The van der Waals surface area contributed by atoms with Crippen LogP contribution in [-0.2, 0) is 10.0 Å². The number of hydrogen-bond donors (Lipinski definition) is 1. The van der Waals surface area contributed by atoms with Crippen molar-refractivity contribution in [2.24, 2.45) is 5.92 Å². The summed E-state index contributed by atoms with van der Waals surface area (Å²) in [5, 5.41) is 0. The van der Waals surface area contributed by atoms with Crippen LogP contribution in [-0.4, -0.2) is 26.3 Å². The van der Waals surface area contributed by atoms with E-state index in [1.54, 1.807) is 32.2 Å².